The fraction of sp³-hybridized carbons (Fsp3) is 0.286. The molecule has 1 aromatic carbocycles. The Morgan fingerprint density at radius 3 is 2.62 bits per heavy atom. The number of sulfonamides is 1. The van der Waals surface area contributed by atoms with Crippen LogP contribution in [-0.2, 0) is 23.1 Å². The summed E-state index contributed by atoms with van der Waals surface area (Å²) in [6, 6.07) is 5.02. The van der Waals surface area contributed by atoms with Crippen molar-refractivity contribution < 1.29 is 8.42 Å². The van der Waals surface area contributed by atoms with Crippen LogP contribution in [0.5, 0.6) is 0 Å². The molecule has 4 nitrogen and oxygen atoms in total. The maximum Gasteiger partial charge on any atom is 0.242 e. The van der Waals surface area contributed by atoms with E-state index in [1.807, 2.05) is 17.7 Å². The minimum Gasteiger partial charge on any atom is -0.316 e. The van der Waals surface area contributed by atoms with E-state index in [1.54, 1.807) is 36.6 Å². The Bertz CT molecular complexity index is 726. The van der Waals surface area contributed by atoms with Crippen molar-refractivity contribution in [2.24, 2.45) is 0 Å². The van der Waals surface area contributed by atoms with Gasteiger partial charge in [-0.05, 0) is 53.6 Å². The van der Waals surface area contributed by atoms with Crippen LogP contribution in [0.2, 0.25) is 5.02 Å². The van der Waals surface area contributed by atoms with Crippen molar-refractivity contribution in [3.05, 3.63) is 50.7 Å². The Hall–Kier alpha value is -0.920. The fourth-order valence-corrected chi connectivity index (χ4v) is 4.30. The van der Waals surface area contributed by atoms with E-state index in [0.717, 1.165) is 16.7 Å². The first kappa shape index (κ1) is 16.5. The molecule has 0 saturated heterocycles. The Kier molecular flexibility index (Phi) is 5.40. The molecule has 0 unspecified atom stereocenters. The number of aryl methyl sites for hydroxylation is 1. The number of nitrogens with one attached hydrogen (secondary N) is 2. The largest absolute Gasteiger partial charge is 0.316 e. The minimum atomic E-state index is -3.63. The molecule has 0 atom stereocenters. The van der Waals surface area contributed by atoms with Crippen molar-refractivity contribution in [2.45, 2.75) is 24.9 Å². The Balaban J connectivity index is 2.22. The lowest BCUT2D eigenvalue weighted by Gasteiger charge is -2.10. The zero-order valence-electron chi connectivity index (χ0n) is 11.8. The summed E-state index contributed by atoms with van der Waals surface area (Å²) in [4.78, 5) is 0.116. The average Bonchev–Trinajstić information content (AvgIpc) is 2.84. The molecular weight excluding hydrogens is 328 g/mol. The smallest absolute Gasteiger partial charge is 0.242 e. The summed E-state index contributed by atoms with van der Waals surface area (Å²) in [5.74, 6) is 0. The van der Waals surface area contributed by atoms with Crippen molar-refractivity contribution in [3.63, 3.8) is 0 Å². The summed E-state index contributed by atoms with van der Waals surface area (Å²) in [5.41, 5.74) is 2.93. The fourth-order valence-electron chi connectivity index (χ4n) is 1.89. The van der Waals surface area contributed by atoms with Crippen LogP contribution in [-0.4, -0.2) is 15.5 Å². The molecule has 1 aromatic heterocycles. The van der Waals surface area contributed by atoms with Crippen molar-refractivity contribution >= 4 is 33.0 Å². The molecule has 0 fully saturated rings. The van der Waals surface area contributed by atoms with Gasteiger partial charge in [-0.2, -0.15) is 11.3 Å². The summed E-state index contributed by atoms with van der Waals surface area (Å²) in [6.07, 6.45) is 0. The average molecular weight is 345 g/mol. The Morgan fingerprint density at radius 1 is 1.24 bits per heavy atom. The van der Waals surface area contributed by atoms with Crippen molar-refractivity contribution in [3.8, 4) is 0 Å². The summed E-state index contributed by atoms with van der Waals surface area (Å²) in [5, 5.41) is 7.14. The van der Waals surface area contributed by atoms with Gasteiger partial charge in [-0.25, -0.2) is 13.1 Å². The molecule has 2 N–H and O–H groups in total. The van der Waals surface area contributed by atoms with Gasteiger partial charge in [0.1, 0.15) is 4.90 Å². The summed E-state index contributed by atoms with van der Waals surface area (Å²) in [7, 11) is -1.82. The topological polar surface area (TPSA) is 58.2 Å². The molecule has 0 saturated carbocycles. The predicted molar refractivity (Wildman–Crippen MR) is 87.3 cm³/mol. The van der Waals surface area contributed by atoms with E-state index in [2.05, 4.69) is 10.0 Å². The van der Waals surface area contributed by atoms with E-state index in [9.17, 15) is 8.42 Å². The Morgan fingerprint density at radius 2 is 2.00 bits per heavy atom. The van der Waals surface area contributed by atoms with E-state index < -0.39 is 10.0 Å². The van der Waals surface area contributed by atoms with Crippen LogP contribution in [0.3, 0.4) is 0 Å². The van der Waals surface area contributed by atoms with Gasteiger partial charge >= 0.3 is 0 Å². The third-order valence-corrected chi connectivity index (χ3v) is 5.87. The van der Waals surface area contributed by atoms with Crippen molar-refractivity contribution in [1.82, 2.24) is 10.0 Å². The molecule has 0 amide bonds. The lowest BCUT2D eigenvalue weighted by Crippen LogP contribution is -2.24. The second kappa shape index (κ2) is 6.89. The van der Waals surface area contributed by atoms with Crippen LogP contribution in [0, 0.1) is 6.92 Å². The monoisotopic (exact) mass is 344 g/mol. The highest BCUT2D eigenvalue weighted by molar-refractivity contribution is 7.89. The summed E-state index contributed by atoms with van der Waals surface area (Å²) >= 11 is 7.59. The van der Waals surface area contributed by atoms with Gasteiger partial charge < -0.3 is 5.32 Å². The number of hydrogen-bond acceptors (Lipinski definition) is 4. The van der Waals surface area contributed by atoms with E-state index in [0.29, 0.717) is 6.54 Å². The van der Waals surface area contributed by atoms with Crippen LogP contribution in [0.4, 0.5) is 0 Å². The van der Waals surface area contributed by atoms with E-state index in [-0.39, 0.29) is 16.5 Å². The van der Waals surface area contributed by atoms with Crippen LogP contribution in [0.1, 0.15) is 16.7 Å². The maximum atomic E-state index is 12.4. The van der Waals surface area contributed by atoms with Gasteiger partial charge in [0.15, 0.2) is 0 Å². The zero-order valence-corrected chi connectivity index (χ0v) is 14.2. The predicted octanol–water partition coefficient (Wildman–Crippen LogP) is 2.91. The first-order valence-corrected chi connectivity index (χ1v) is 9.19. The molecule has 7 heteroatoms. The van der Waals surface area contributed by atoms with Gasteiger partial charge in [-0.15, -0.1) is 0 Å². The summed E-state index contributed by atoms with van der Waals surface area (Å²) < 4.78 is 27.4. The van der Waals surface area contributed by atoms with E-state index in [1.165, 1.54) is 0 Å². The second-order valence-corrected chi connectivity index (χ2v) is 7.59. The standard InChI is InChI=1S/C14H17ClN2O2S2/c1-10-8-20-9-12(10)7-17-21(18,19)14-5-11(6-16-2)3-4-13(14)15/h3-5,8-9,16-17H,6-7H2,1-2H3. The quantitative estimate of drug-likeness (QED) is 0.847. The van der Waals surface area contributed by atoms with Gasteiger partial charge in [0, 0.05) is 13.1 Å². The number of halogens is 1. The second-order valence-electron chi connectivity index (χ2n) is 4.70. The van der Waals surface area contributed by atoms with E-state index in [4.69, 9.17) is 11.6 Å². The SMILES string of the molecule is CNCc1ccc(Cl)c(S(=O)(=O)NCc2cscc2C)c1. The van der Waals surface area contributed by atoms with Crippen molar-refractivity contribution in [1.29, 1.82) is 0 Å². The van der Waals surface area contributed by atoms with Crippen LogP contribution < -0.4 is 10.0 Å². The minimum absolute atomic E-state index is 0.116. The normalized spacial score (nSPS) is 11.8. The van der Waals surface area contributed by atoms with Crippen LogP contribution in [0.15, 0.2) is 33.9 Å². The highest BCUT2D eigenvalue weighted by atomic mass is 35.5. The van der Waals surface area contributed by atoms with Crippen LogP contribution >= 0.6 is 22.9 Å². The molecule has 2 aromatic rings. The molecule has 1 heterocycles. The van der Waals surface area contributed by atoms with Gasteiger partial charge in [0.2, 0.25) is 10.0 Å². The highest BCUT2D eigenvalue weighted by Gasteiger charge is 2.18. The molecule has 2 rings (SSSR count). The number of benzene rings is 1. The number of thiophene rings is 1. The molecule has 0 aliphatic rings. The van der Waals surface area contributed by atoms with E-state index >= 15 is 0 Å². The molecule has 0 bridgehead atoms. The Labute approximate surface area is 134 Å². The molecule has 21 heavy (non-hydrogen) atoms. The zero-order chi connectivity index (χ0) is 15.5. The lowest BCUT2D eigenvalue weighted by atomic mass is 10.2. The molecule has 114 valence electrons. The third kappa shape index (κ3) is 4.05. The first-order valence-electron chi connectivity index (χ1n) is 6.38. The van der Waals surface area contributed by atoms with Gasteiger partial charge in [0.05, 0.1) is 5.02 Å². The molecule has 0 radical (unpaired) electrons. The molecular formula is C14H17ClN2O2S2. The summed E-state index contributed by atoms with van der Waals surface area (Å²) in [6.45, 7) is 2.81. The number of rotatable bonds is 6. The molecule has 0 aliphatic heterocycles. The van der Waals surface area contributed by atoms with Gasteiger partial charge in [0.25, 0.3) is 0 Å². The van der Waals surface area contributed by atoms with Crippen molar-refractivity contribution in [2.75, 3.05) is 7.05 Å². The molecule has 0 aliphatic carbocycles. The lowest BCUT2D eigenvalue weighted by molar-refractivity contribution is 0.581. The highest BCUT2D eigenvalue weighted by Crippen LogP contribution is 2.23. The molecule has 0 spiro atoms. The number of hydrogen-bond donors (Lipinski definition) is 2. The third-order valence-electron chi connectivity index (χ3n) is 3.08. The van der Waals surface area contributed by atoms with Gasteiger partial charge in [-0.3, -0.25) is 0 Å². The van der Waals surface area contributed by atoms with Crippen LogP contribution in [0.25, 0.3) is 0 Å². The first-order chi connectivity index (χ1) is 9.94. The maximum absolute atomic E-state index is 12.4. The van der Waals surface area contributed by atoms with Gasteiger partial charge in [-0.1, -0.05) is 17.7 Å².